The van der Waals surface area contributed by atoms with Crippen molar-refractivity contribution in [3.8, 4) is 5.75 Å². The SMILES string of the molecule is CC=C/C=C/C1=NCCc2cc(OCCCC)ccc21. The zero-order valence-electron chi connectivity index (χ0n) is 12.4. The Kier molecular flexibility index (Phi) is 5.60. The fourth-order valence-electron chi connectivity index (χ4n) is 2.23. The van der Waals surface area contributed by atoms with E-state index < -0.39 is 0 Å². The Morgan fingerprint density at radius 2 is 2.20 bits per heavy atom. The number of allylic oxidation sites excluding steroid dienone is 4. The summed E-state index contributed by atoms with van der Waals surface area (Å²) >= 11 is 0. The number of benzene rings is 1. The van der Waals surface area contributed by atoms with Gasteiger partial charge in [0.15, 0.2) is 0 Å². The summed E-state index contributed by atoms with van der Waals surface area (Å²) in [6.07, 6.45) is 11.4. The summed E-state index contributed by atoms with van der Waals surface area (Å²) in [4.78, 5) is 4.60. The minimum atomic E-state index is 0.803. The van der Waals surface area contributed by atoms with Crippen molar-refractivity contribution in [1.29, 1.82) is 0 Å². The molecule has 0 unspecified atom stereocenters. The van der Waals surface area contributed by atoms with Gasteiger partial charge in [-0.15, -0.1) is 0 Å². The van der Waals surface area contributed by atoms with Crippen LogP contribution in [-0.4, -0.2) is 18.9 Å². The van der Waals surface area contributed by atoms with E-state index >= 15 is 0 Å². The highest BCUT2D eigenvalue weighted by Crippen LogP contribution is 2.23. The maximum absolute atomic E-state index is 5.78. The molecule has 0 N–H and O–H groups in total. The van der Waals surface area contributed by atoms with Crippen molar-refractivity contribution < 1.29 is 4.74 Å². The zero-order valence-corrected chi connectivity index (χ0v) is 12.4. The second-order valence-electron chi connectivity index (χ2n) is 4.92. The monoisotopic (exact) mass is 269 g/mol. The summed E-state index contributed by atoms with van der Waals surface area (Å²) in [7, 11) is 0. The topological polar surface area (TPSA) is 21.6 Å². The predicted octanol–water partition coefficient (Wildman–Crippen LogP) is 4.34. The molecular formula is C18H23NO. The largest absolute Gasteiger partial charge is 0.494 e. The van der Waals surface area contributed by atoms with Gasteiger partial charge < -0.3 is 4.74 Å². The average Bonchev–Trinajstić information content (AvgIpc) is 2.48. The van der Waals surface area contributed by atoms with Gasteiger partial charge in [0.05, 0.1) is 12.3 Å². The number of rotatable bonds is 6. The Morgan fingerprint density at radius 1 is 1.30 bits per heavy atom. The van der Waals surface area contributed by atoms with Crippen molar-refractivity contribution in [3.63, 3.8) is 0 Å². The summed E-state index contributed by atoms with van der Waals surface area (Å²) in [6.45, 7) is 5.86. The van der Waals surface area contributed by atoms with Crippen molar-refractivity contribution in [2.24, 2.45) is 4.99 Å². The molecule has 0 aliphatic carbocycles. The lowest BCUT2D eigenvalue weighted by atomic mass is 9.97. The van der Waals surface area contributed by atoms with Crippen LogP contribution in [0.2, 0.25) is 0 Å². The maximum Gasteiger partial charge on any atom is 0.119 e. The van der Waals surface area contributed by atoms with Crippen LogP contribution in [-0.2, 0) is 6.42 Å². The summed E-state index contributed by atoms with van der Waals surface area (Å²) in [5.74, 6) is 0.982. The molecule has 2 nitrogen and oxygen atoms in total. The number of aliphatic imine (C=N–C) groups is 1. The highest BCUT2D eigenvalue weighted by Gasteiger charge is 2.12. The Morgan fingerprint density at radius 3 is 3.00 bits per heavy atom. The quantitative estimate of drug-likeness (QED) is 0.556. The Labute approximate surface area is 121 Å². The molecule has 0 atom stereocenters. The molecule has 20 heavy (non-hydrogen) atoms. The minimum Gasteiger partial charge on any atom is -0.494 e. The van der Waals surface area contributed by atoms with Gasteiger partial charge in [-0.1, -0.05) is 31.6 Å². The molecule has 0 amide bonds. The van der Waals surface area contributed by atoms with Crippen molar-refractivity contribution in [2.45, 2.75) is 33.1 Å². The second kappa shape index (κ2) is 7.68. The first kappa shape index (κ1) is 14.6. The Hall–Kier alpha value is -1.83. The third kappa shape index (κ3) is 3.83. The maximum atomic E-state index is 5.78. The summed E-state index contributed by atoms with van der Waals surface area (Å²) in [5.41, 5.74) is 3.65. The molecule has 1 aliphatic heterocycles. The third-order valence-corrected chi connectivity index (χ3v) is 3.34. The number of hydrogen-bond donors (Lipinski definition) is 0. The lowest BCUT2D eigenvalue weighted by Gasteiger charge is -2.16. The molecule has 1 aliphatic rings. The molecule has 0 fully saturated rings. The van der Waals surface area contributed by atoms with E-state index in [0.717, 1.165) is 43.9 Å². The second-order valence-corrected chi connectivity index (χ2v) is 4.92. The molecule has 0 aromatic heterocycles. The first-order valence-corrected chi connectivity index (χ1v) is 7.45. The molecule has 0 radical (unpaired) electrons. The van der Waals surface area contributed by atoms with E-state index in [1.54, 1.807) is 0 Å². The van der Waals surface area contributed by atoms with Crippen LogP contribution in [0.15, 0.2) is 47.5 Å². The van der Waals surface area contributed by atoms with E-state index in [-0.39, 0.29) is 0 Å². The first-order chi connectivity index (χ1) is 9.85. The van der Waals surface area contributed by atoms with Gasteiger partial charge in [0.25, 0.3) is 0 Å². The molecule has 0 bridgehead atoms. The number of fused-ring (bicyclic) bond motifs is 1. The van der Waals surface area contributed by atoms with Crippen LogP contribution < -0.4 is 4.74 Å². The molecule has 0 saturated heterocycles. The zero-order chi connectivity index (χ0) is 14.2. The average molecular weight is 269 g/mol. The molecule has 1 heterocycles. The van der Waals surface area contributed by atoms with Gasteiger partial charge in [0, 0.05) is 12.1 Å². The molecular weight excluding hydrogens is 246 g/mol. The Bertz CT molecular complexity index is 526. The Balaban J connectivity index is 2.13. The van der Waals surface area contributed by atoms with Crippen LogP contribution in [0.4, 0.5) is 0 Å². The van der Waals surface area contributed by atoms with Gasteiger partial charge in [-0.2, -0.15) is 0 Å². The molecule has 0 spiro atoms. The minimum absolute atomic E-state index is 0.803. The number of unbranched alkanes of at least 4 members (excludes halogenated alkanes) is 1. The van der Waals surface area contributed by atoms with Gasteiger partial charge in [0.2, 0.25) is 0 Å². The van der Waals surface area contributed by atoms with E-state index in [1.807, 2.05) is 25.2 Å². The van der Waals surface area contributed by atoms with Gasteiger partial charge in [-0.3, -0.25) is 4.99 Å². The highest BCUT2D eigenvalue weighted by atomic mass is 16.5. The van der Waals surface area contributed by atoms with Crippen molar-refractivity contribution in [1.82, 2.24) is 0 Å². The van der Waals surface area contributed by atoms with E-state index in [2.05, 4.69) is 36.2 Å². The first-order valence-electron chi connectivity index (χ1n) is 7.45. The summed E-state index contributed by atoms with van der Waals surface area (Å²) in [5, 5.41) is 0. The van der Waals surface area contributed by atoms with Crippen LogP contribution in [0, 0.1) is 0 Å². The fourth-order valence-corrected chi connectivity index (χ4v) is 2.23. The lowest BCUT2D eigenvalue weighted by Crippen LogP contribution is -2.11. The van der Waals surface area contributed by atoms with E-state index in [4.69, 9.17) is 4.74 Å². The molecule has 1 aromatic carbocycles. The molecule has 2 rings (SSSR count). The molecule has 0 saturated carbocycles. The van der Waals surface area contributed by atoms with Crippen molar-refractivity contribution >= 4 is 5.71 Å². The van der Waals surface area contributed by atoms with E-state index in [1.165, 1.54) is 11.1 Å². The molecule has 1 aromatic rings. The number of ether oxygens (including phenoxy) is 1. The number of nitrogens with zero attached hydrogens (tertiary/aromatic N) is 1. The van der Waals surface area contributed by atoms with Crippen molar-refractivity contribution in [2.75, 3.05) is 13.2 Å². The van der Waals surface area contributed by atoms with Crippen LogP contribution in [0.5, 0.6) is 5.75 Å². The molecule has 106 valence electrons. The van der Waals surface area contributed by atoms with Gasteiger partial charge in [-0.25, -0.2) is 0 Å². The summed E-state index contributed by atoms with van der Waals surface area (Å²) in [6, 6.07) is 6.36. The summed E-state index contributed by atoms with van der Waals surface area (Å²) < 4.78 is 5.78. The lowest BCUT2D eigenvalue weighted by molar-refractivity contribution is 0.309. The van der Waals surface area contributed by atoms with Gasteiger partial charge in [0.1, 0.15) is 5.75 Å². The van der Waals surface area contributed by atoms with Gasteiger partial charge >= 0.3 is 0 Å². The molecule has 2 heteroatoms. The standard InChI is InChI=1S/C18H23NO/c1-3-5-7-8-18-17-10-9-16(20-13-6-4-2)14-15(17)11-12-19-18/h3,5,7-10,14H,4,6,11-13H2,1-2H3/b5-3?,8-7+. The van der Waals surface area contributed by atoms with Crippen LogP contribution >= 0.6 is 0 Å². The van der Waals surface area contributed by atoms with Crippen LogP contribution in [0.25, 0.3) is 0 Å². The van der Waals surface area contributed by atoms with Crippen LogP contribution in [0.3, 0.4) is 0 Å². The fraction of sp³-hybridized carbons (Fsp3) is 0.389. The normalized spacial score (nSPS) is 14.6. The van der Waals surface area contributed by atoms with Crippen LogP contribution in [0.1, 0.15) is 37.8 Å². The smallest absolute Gasteiger partial charge is 0.119 e. The number of hydrogen-bond acceptors (Lipinski definition) is 2. The van der Waals surface area contributed by atoms with E-state index in [0.29, 0.717) is 0 Å². The third-order valence-electron chi connectivity index (χ3n) is 3.34. The van der Waals surface area contributed by atoms with Gasteiger partial charge in [-0.05, 0) is 49.6 Å². The predicted molar refractivity (Wildman–Crippen MR) is 85.9 cm³/mol. The van der Waals surface area contributed by atoms with E-state index in [9.17, 15) is 0 Å². The highest BCUT2D eigenvalue weighted by molar-refractivity contribution is 6.10. The van der Waals surface area contributed by atoms with Crippen molar-refractivity contribution in [3.05, 3.63) is 53.6 Å².